The van der Waals surface area contributed by atoms with Crippen LogP contribution in [0.15, 0.2) is 16.7 Å². The first-order valence-corrected chi connectivity index (χ1v) is 5.24. The number of carboxylic acids is 1. The van der Waals surface area contributed by atoms with E-state index in [0.29, 0.717) is 14.9 Å². The van der Waals surface area contributed by atoms with Crippen LogP contribution in [0.3, 0.4) is 0 Å². The molecule has 0 atom stereocenters. The zero-order chi connectivity index (χ0) is 11.0. The number of halogens is 1. The van der Waals surface area contributed by atoms with E-state index in [9.17, 15) is 4.79 Å². The standard InChI is InChI=1S/C9H6ClNO3S/c1-4-7(9(12)13)8(14-11-4)5-2-3-6(10)15-5/h2-3H,1H3,(H,12,13). The lowest BCUT2D eigenvalue weighted by atomic mass is 10.2. The number of nitrogens with zero attached hydrogens (tertiary/aromatic N) is 1. The summed E-state index contributed by atoms with van der Waals surface area (Å²) >= 11 is 7.01. The van der Waals surface area contributed by atoms with Crippen LogP contribution in [0.5, 0.6) is 0 Å². The molecule has 0 saturated heterocycles. The fourth-order valence-electron chi connectivity index (χ4n) is 1.23. The number of aromatic carboxylic acids is 1. The second-order valence-electron chi connectivity index (χ2n) is 2.88. The topological polar surface area (TPSA) is 63.3 Å². The van der Waals surface area contributed by atoms with E-state index in [1.165, 1.54) is 11.3 Å². The van der Waals surface area contributed by atoms with Gasteiger partial charge in [-0.05, 0) is 19.1 Å². The Morgan fingerprint density at radius 2 is 2.33 bits per heavy atom. The zero-order valence-corrected chi connectivity index (χ0v) is 9.22. The molecule has 1 N–H and O–H groups in total. The summed E-state index contributed by atoms with van der Waals surface area (Å²) in [6.45, 7) is 1.59. The minimum absolute atomic E-state index is 0.0912. The quantitative estimate of drug-likeness (QED) is 0.881. The van der Waals surface area contributed by atoms with Gasteiger partial charge in [-0.25, -0.2) is 4.79 Å². The van der Waals surface area contributed by atoms with Crippen molar-refractivity contribution in [2.45, 2.75) is 6.92 Å². The van der Waals surface area contributed by atoms with Crippen LogP contribution in [0.4, 0.5) is 0 Å². The molecule has 6 heteroatoms. The summed E-state index contributed by atoms with van der Waals surface area (Å²) in [6, 6.07) is 3.39. The minimum atomic E-state index is -1.05. The molecule has 0 aromatic carbocycles. The van der Waals surface area contributed by atoms with Crippen molar-refractivity contribution in [1.82, 2.24) is 5.16 Å². The molecule has 0 saturated carbocycles. The predicted octanol–water partition coefficient (Wildman–Crippen LogP) is 3.06. The normalized spacial score (nSPS) is 10.5. The third-order valence-electron chi connectivity index (χ3n) is 1.87. The number of thiophene rings is 1. The molecule has 0 aliphatic heterocycles. The molecule has 0 unspecified atom stereocenters. The molecule has 0 fully saturated rings. The average Bonchev–Trinajstić information content (AvgIpc) is 2.71. The second kappa shape index (κ2) is 3.67. The minimum Gasteiger partial charge on any atom is -0.477 e. The lowest BCUT2D eigenvalue weighted by Crippen LogP contribution is -1.98. The van der Waals surface area contributed by atoms with E-state index in [1.54, 1.807) is 19.1 Å². The second-order valence-corrected chi connectivity index (χ2v) is 4.60. The molecule has 0 bridgehead atoms. The van der Waals surface area contributed by atoms with Gasteiger partial charge in [0.2, 0.25) is 0 Å². The summed E-state index contributed by atoms with van der Waals surface area (Å²) in [5.74, 6) is -0.787. The van der Waals surface area contributed by atoms with Gasteiger partial charge in [-0.2, -0.15) is 0 Å². The van der Waals surface area contributed by atoms with Crippen molar-refractivity contribution >= 4 is 28.9 Å². The predicted molar refractivity (Wildman–Crippen MR) is 56.5 cm³/mol. The van der Waals surface area contributed by atoms with Crippen molar-refractivity contribution < 1.29 is 14.4 Å². The first-order valence-electron chi connectivity index (χ1n) is 4.05. The van der Waals surface area contributed by atoms with Crippen molar-refractivity contribution in [2.24, 2.45) is 0 Å². The highest BCUT2D eigenvalue weighted by Crippen LogP contribution is 2.34. The van der Waals surface area contributed by atoms with Crippen molar-refractivity contribution in [3.8, 4) is 10.6 Å². The number of carbonyl (C=O) groups is 1. The molecule has 2 aromatic rings. The van der Waals surface area contributed by atoms with E-state index in [-0.39, 0.29) is 11.3 Å². The molecule has 2 heterocycles. The van der Waals surface area contributed by atoms with Crippen LogP contribution in [0.1, 0.15) is 16.1 Å². The van der Waals surface area contributed by atoms with Gasteiger partial charge in [0.15, 0.2) is 5.76 Å². The Morgan fingerprint density at radius 3 is 2.87 bits per heavy atom. The van der Waals surface area contributed by atoms with Crippen LogP contribution in [0.25, 0.3) is 10.6 Å². The maximum atomic E-state index is 11.0. The lowest BCUT2D eigenvalue weighted by Gasteiger charge is -1.92. The van der Waals surface area contributed by atoms with Gasteiger partial charge in [0.05, 0.1) is 14.9 Å². The van der Waals surface area contributed by atoms with Gasteiger partial charge in [-0.3, -0.25) is 0 Å². The Balaban J connectivity index is 2.58. The molecule has 0 aliphatic rings. The van der Waals surface area contributed by atoms with Crippen molar-refractivity contribution in [1.29, 1.82) is 0 Å². The van der Waals surface area contributed by atoms with Gasteiger partial charge in [-0.1, -0.05) is 16.8 Å². The van der Waals surface area contributed by atoms with Gasteiger partial charge in [-0.15, -0.1) is 11.3 Å². The molecular weight excluding hydrogens is 238 g/mol. The molecule has 78 valence electrons. The lowest BCUT2D eigenvalue weighted by molar-refractivity contribution is 0.0696. The third-order valence-corrected chi connectivity index (χ3v) is 3.10. The molecule has 0 radical (unpaired) electrons. The molecule has 2 aromatic heterocycles. The molecule has 15 heavy (non-hydrogen) atoms. The Bertz CT molecular complexity index is 517. The average molecular weight is 244 g/mol. The highest BCUT2D eigenvalue weighted by Gasteiger charge is 2.21. The maximum Gasteiger partial charge on any atom is 0.341 e. The van der Waals surface area contributed by atoms with Crippen LogP contribution in [0.2, 0.25) is 4.34 Å². The van der Waals surface area contributed by atoms with Crippen LogP contribution < -0.4 is 0 Å². The van der Waals surface area contributed by atoms with Gasteiger partial charge < -0.3 is 9.63 Å². The van der Waals surface area contributed by atoms with Crippen LogP contribution >= 0.6 is 22.9 Å². The largest absolute Gasteiger partial charge is 0.477 e. The van der Waals surface area contributed by atoms with Crippen LogP contribution in [-0.2, 0) is 0 Å². The van der Waals surface area contributed by atoms with E-state index in [2.05, 4.69) is 5.16 Å². The van der Waals surface area contributed by atoms with Gasteiger partial charge in [0.25, 0.3) is 0 Å². The number of carboxylic acid groups (broad SMARTS) is 1. The SMILES string of the molecule is Cc1noc(-c2ccc(Cl)s2)c1C(=O)O. The summed E-state index contributed by atoms with van der Waals surface area (Å²) in [5.41, 5.74) is 0.454. The van der Waals surface area contributed by atoms with Crippen LogP contribution in [0, 0.1) is 6.92 Å². The van der Waals surface area contributed by atoms with E-state index in [1.807, 2.05) is 0 Å². The summed E-state index contributed by atoms with van der Waals surface area (Å²) in [6.07, 6.45) is 0. The zero-order valence-electron chi connectivity index (χ0n) is 7.65. The van der Waals surface area contributed by atoms with E-state index in [0.717, 1.165) is 0 Å². The molecular formula is C9H6ClNO3S. The van der Waals surface area contributed by atoms with Gasteiger partial charge >= 0.3 is 5.97 Å². The molecule has 0 aliphatic carbocycles. The number of aromatic nitrogens is 1. The van der Waals surface area contributed by atoms with Crippen LogP contribution in [-0.4, -0.2) is 16.2 Å². The van der Waals surface area contributed by atoms with Gasteiger partial charge in [0.1, 0.15) is 5.56 Å². The summed E-state index contributed by atoms with van der Waals surface area (Å²) in [5, 5.41) is 12.6. The highest BCUT2D eigenvalue weighted by molar-refractivity contribution is 7.19. The number of aryl methyl sites for hydroxylation is 1. The molecule has 4 nitrogen and oxygen atoms in total. The fourth-order valence-corrected chi connectivity index (χ4v) is 2.25. The van der Waals surface area contributed by atoms with E-state index < -0.39 is 5.97 Å². The summed E-state index contributed by atoms with van der Waals surface area (Å²) < 4.78 is 5.56. The Labute approximate surface area is 94.1 Å². The third kappa shape index (κ3) is 1.75. The number of hydrogen-bond acceptors (Lipinski definition) is 4. The Hall–Kier alpha value is -1.33. The summed E-state index contributed by atoms with van der Waals surface area (Å²) in [7, 11) is 0. The molecule has 2 rings (SSSR count). The van der Waals surface area contributed by atoms with Crippen molar-refractivity contribution in [2.75, 3.05) is 0 Å². The fraction of sp³-hybridized carbons (Fsp3) is 0.111. The Morgan fingerprint density at radius 1 is 1.60 bits per heavy atom. The Kier molecular flexibility index (Phi) is 2.50. The van der Waals surface area contributed by atoms with E-state index in [4.69, 9.17) is 21.2 Å². The highest BCUT2D eigenvalue weighted by atomic mass is 35.5. The first kappa shape index (κ1) is 10.2. The number of rotatable bonds is 2. The first-order chi connectivity index (χ1) is 7.09. The van der Waals surface area contributed by atoms with Crippen molar-refractivity contribution in [3.63, 3.8) is 0 Å². The van der Waals surface area contributed by atoms with Gasteiger partial charge in [0, 0.05) is 0 Å². The summed E-state index contributed by atoms with van der Waals surface area (Å²) in [4.78, 5) is 11.6. The van der Waals surface area contributed by atoms with E-state index >= 15 is 0 Å². The monoisotopic (exact) mass is 243 g/mol. The van der Waals surface area contributed by atoms with Crippen molar-refractivity contribution in [3.05, 3.63) is 27.7 Å². The maximum absolute atomic E-state index is 11.0. The smallest absolute Gasteiger partial charge is 0.341 e. The number of hydrogen-bond donors (Lipinski definition) is 1. The molecule has 0 spiro atoms. The molecule has 0 amide bonds.